The zero-order chi connectivity index (χ0) is 18.1. The quantitative estimate of drug-likeness (QED) is 0.631. The molecule has 2 aliphatic rings. The zero-order valence-electron chi connectivity index (χ0n) is 14.7. The van der Waals surface area contributed by atoms with Gasteiger partial charge in [-0.1, -0.05) is 43.2 Å². The Morgan fingerprint density at radius 3 is 2.50 bits per heavy atom. The van der Waals surface area contributed by atoms with E-state index in [0.717, 1.165) is 37.7 Å². The van der Waals surface area contributed by atoms with Crippen molar-refractivity contribution < 1.29 is 9.18 Å². The maximum absolute atomic E-state index is 13.3. The molecule has 1 saturated heterocycles. The zero-order valence-corrected chi connectivity index (χ0v) is 15.5. The molecule has 2 fully saturated rings. The van der Waals surface area contributed by atoms with Crippen molar-refractivity contribution in [3.05, 3.63) is 71.5 Å². The molecule has 4 heteroatoms. The van der Waals surface area contributed by atoms with Crippen LogP contribution in [0.3, 0.4) is 0 Å². The number of alkyl halides is 1. The fraction of sp³-hybridized carbons (Fsp3) is 0.409. The van der Waals surface area contributed by atoms with E-state index in [2.05, 4.69) is 12.1 Å². The van der Waals surface area contributed by atoms with Crippen molar-refractivity contribution in [2.45, 2.75) is 43.0 Å². The Morgan fingerprint density at radius 1 is 1.04 bits per heavy atom. The van der Waals surface area contributed by atoms with Crippen LogP contribution in [0.15, 0.2) is 54.6 Å². The summed E-state index contributed by atoms with van der Waals surface area (Å²) in [7, 11) is 0. The molecule has 0 aromatic heterocycles. The SMILES string of the molecule is O=C(c1ccc(F)cc1)N1CC[C@]2(Cl)CCCC[C@@H]2[C@H]1c1ccccc1. The number of hydrogen-bond donors (Lipinski definition) is 0. The van der Waals surface area contributed by atoms with Crippen LogP contribution in [0.25, 0.3) is 0 Å². The summed E-state index contributed by atoms with van der Waals surface area (Å²) < 4.78 is 13.3. The standard InChI is InChI=1S/C22H23ClFNO/c23-22-13-5-4-8-19(22)20(16-6-2-1-3-7-16)25(15-14-22)21(26)17-9-11-18(24)12-10-17/h1-3,6-7,9-12,19-20H,4-5,8,13-15H2/t19-,20-,22-/m1/s1. The molecule has 136 valence electrons. The van der Waals surface area contributed by atoms with Crippen LogP contribution in [0.2, 0.25) is 0 Å². The highest BCUT2D eigenvalue weighted by molar-refractivity contribution is 6.24. The Morgan fingerprint density at radius 2 is 1.77 bits per heavy atom. The van der Waals surface area contributed by atoms with Gasteiger partial charge in [0.15, 0.2) is 0 Å². The summed E-state index contributed by atoms with van der Waals surface area (Å²) in [4.78, 5) is 15.0. The van der Waals surface area contributed by atoms with Crippen LogP contribution in [0, 0.1) is 11.7 Å². The normalized spacial score (nSPS) is 28.5. The predicted molar refractivity (Wildman–Crippen MR) is 102 cm³/mol. The maximum Gasteiger partial charge on any atom is 0.254 e. The second kappa shape index (κ2) is 7.03. The molecular weight excluding hydrogens is 349 g/mol. The lowest BCUT2D eigenvalue weighted by Gasteiger charge is -2.52. The van der Waals surface area contributed by atoms with Gasteiger partial charge < -0.3 is 4.90 Å². The van der Waals surface area contributed by atoms with Crippen molar-refractivity contribution in [3.8, 4) is 0 Å². The maximum atomic E-state index is 13.3. The average molecular weight is 372 g/mol. The second-order valence-electron chi connectivity index (χ2n) is 7.50. The third-order valence-corrected chi connectivity index (χ3v) is 6.66. The van der Waals surface area contributed by atoms with Crippen LogP contribution in [-0.2, 0) is 0 Å². The van der Waals surface area contributed by atoms with Gasteiger partial charge in [-0.25, -0.2) is 4.39 Å². The van der Waals surface area contributed by atoms with Crippen molar-refractivity contribution in [2.24, 2.45) is 5.92 Å². The minimum absolute atomic E-state index is 0.0275. The minimum atomic E-state index is -0.327. The smallest absolute Gasteiger partial charge is 0.254 e. The summed E-state index contributed by atoms with van der Waals surface area (Å²) >= 11 is 7.07. The fourth-order valence-electron chi connectivity index (χ4n) is 4.69. The summed E-state index contributed by atoms with van der Waals surface area (Å²) in [5.74, 6) is -0.117. The molecule has 0 radical (unpaired) electrons. The Balaban J connectivity index is 1.72. The molecule has 0 spiro atoms. The van der Waals surface area contributed by atoms with Gasteiger partial charge in [0.2, 0.25) is 0 Å². The first-order valence-corrected chi connectivity index (χ1v) is 9.77. The molecule has 1 heterocycles. The lowest BCUT2D eigenvalue weighted by atomic mass is 9.68. The number of amides is 1. The summed E-state index contributed by atoms with van der Waals surface area (Å²) in [5, 5.41) is 0. The Labute approximate surface area is 159 Å². The Bertz CT molecular complexity index is 778. The van der Waals surface area contributed by atoms with Gasteiger partial charge in [-0.3, -0.25) is 4.79 Å². The van der Waals surface area contributed by atoms with Crippen LogP contribution in [0.1, 0.15) is 54.1 Å². The highest BCUT2D eigenvalue weighted by Crippen LogP contribution is 2.52. The number of benzene rings is 2. The van der Waals surface area contributed by atoms with Gasteiger partial charge in [0.05, 0.1) is 10.9 Å². The molecule has 0 bridgehead atoms. The molecular formula is C22H23ClFNO. The summed E-state index contributed by atoms with van der Waals surface area (Å²) in [5.41, 5.74) is 1.67. The summed E-state index contributed by atoms with van der Waals surface area (Å²) in [6.45, 7) is 0.635. The highest BCUT2D eigenvalue weighted by atomic mass is 35.5. The molecule has 2 aromatic rings. The van der Waals surface area contributed by atoms with E-state index >= 15 is 0 Å². The van der Waals surface area contributed by atoms with E-state index in [9.17, 15) is 9.18 Å². The van der Waals surface area contributed by atoms with Crippen molar-refractivity contribution in [3.63, 3.8) is 0 Å². The lowest BCUT2D eigenvalue weighted by Crippen LogP contribution is -2.53. The number of carbonyl (C=O) groups is 1. The monoisotopic (exact) mass is 371 g/mol. The predicted octanol–water partition coefficient (Wildman–Crippen LogP) is 5.58. The van der Waals surface area contributed by atoms with Crippen LogP contribution in [0.4, 0.5) is 4.39 Å². The van der Waals surface area contributed by atoms with E-state index < -0.39 is 0 Å². The van der Waals surface area contributed by atoms with E-state index in [4.69, 9.17) is 11.6 Å². The second-order valence-corrected chi connectivity index (χ2v) is 8.25. The van der Waals surface area contributed by atoms with E-state index in [1.807, 2.05) is 23.1 Å². The van der Waals surface area contributed by atoms with Crippen LogP contribution in [0.5, 0.6) is 0 Å². The van der Waals surface area contributed by atoms with Crippen LogP contribution >= 0.6 is 11.6 Å². The number of nitrogens with zero attached hydrogens (tertiary/aromatic N) is 1. The average Bonchev–Trinajstić information content (AvgIpc) is 2.67. The molecule has 1 amide bonds. The largest absolute Gasteiger partial charge is 0.331 e. The van der Waals surface area contributed by atoms with Gasteiger partial charge >= 0.3 is 0 Å². The molecule has 26 heavy (non-hydrogen) atoms. The van der Waals surface area contributed by atoms with Gasteiger partial charge in [0.25, 0.3) is 5.91 Å². The number of carbonyl (C=O) groups excluding carboxylic acids is 1. The van der Waals surface area contributed by atoms with E-state index in [-0.39, 0.29) is 28.6 Å². The first-order chi connectivity index (χ1) is 12.6. The highest BCUT2D eigenvalue weighted by Gasteiger charge is 2.50. The van der Waals surface area contributed by atoms with E-state index in [1.54, 1.807) is 12.1 Å². The van der Waals surface area contributed by atoms with Crippen molar-refractivity contribution in [1.82, 2.24) is 4.90 Å². The molecule has 0 unspecified atom stereocenters. The van der Waals surface area contributed by atoms with Crippen molar-refractivity contribution in [2.75, 3.05) is 6.54 Å². The third kappa shape index (κ3) is 3.14. The number of likely N-dealkylation sites (tertiary alicyclic amines) is 1. The van der Waals surface area contributed by atoms with Crippen molar-refractivity contribution in [1.29, 1.82) is 0 Å². The topological polar surface area (TPSA) is 20.3 Å². The summed E-state index contributed by atoms with van der Waals surface area (Å²) in [6, 6.07) is 16.0. The van der Waals surface area contributed by atoms with Gasteiger partial charge in [0, 0.05) is 18.0 Å². The van der Waals surface area contributed by atoms with E-state index in [1.165, 1.54) is 12.1 Å². The molecule has 4 rings (SSSR count). The molecule has 2 aromatic carbocycles. The minimum Gasteiger partial charge on any atom is -0.331 e. The Kier molecular flexibility index (Phi) is 4.74. The third-order valence-electron chi connectivity index (χ3n) is 6.00. The molecule has 2 nitrogen and oxygen atoms in total. The number of halogens is 2. The van der Waals surface area contributed by atoms with Gasteiger partial charge in [-0.15, -0.1) is 11.6 Å². The van der Waals surface area contributed by atoms with E-state index in [0.29, 0.717) is 12.1 Å². The van der Waals surface area contributed by atoms with Gasteiger partial charge in [-0.05, 0) is 49.1 Å². The number of rotatable bonds is 2. The molecule has 3 atom stereocenters. The van der Waals surface area contributed by atoms with Crippen LogP contribution in [-0.4, -0.2) is 22.2 Å². The first-order valence-electron chi connectivity index (χ1n) is 9.39. The Hall–Kier alpha value is -1.87. The van der Waals surface area contributed by atoms with Gasteiger partial charge in [-0.2, -0.15) is 0 Å². The number of hydrogen-bond acceptors (Lipinski definition) is 1. The molecule has 1 aliphatic carbocycles. The fourth-order valence-corrected chi connectivity index (χ4v) is 5.14. The van der Waals surface area contributed by atoms with Crippen LogP contribution < -0.4 is 0 Å². The number of piperidine rings is 1. The molecule has 1 saturated carbocycles. The first kappa shape index (κ1) is 17.5. The summed E-state index contributed by atoms with van der Waals surface area (Å²) in [6.07, 6.45) is 5.18. The molecule has 0 N–H and O–H groups in total. The van der Waals surface area contributed by atoms with Gasteiger partial charge in [0.1, 0.15) is 5.82 Å². The number of fused-ring (bicyclic) bond motifs is 1. The molecule has 1 aliphatic heterocycles. The van der Waals surface area contributed by atoms with Crippen molar-refractivity contribution >= 4 is 17.5 Å². The lowest BCUT2D eigenvalue weighted by molar-refractivity contribution is 0.0279.